The van der Waals surface area contributed by atoms with E-state index in [1.807, 2.05) is 25.1 Å². The number of nitrogens with zero attached hydrogens (tertiary/aromatic N) is 1. The van der Waals surface area contributed by atoms with Gasteiger partial charge < -0.3 is 10.5 Å². The molecule has 1 atom stereocenters. The smallest absolute Gasteiger partial charge is 0.338 e. The van der Waals surface area contributed by atoms with Gasteiger partial charge in [-0.15, -0.1) is 0 Å². The van der Waals surface area contributed by atoms with Gasteiger partial charge in [-0.1, -0.05) is 31.2 Å². The van der Waals surface area contributed by atoms with Gasteiger partial charge in [0.2, 0.25) is 0 Å². The van der Waals surface area contributed by atoms with E-state index in [2.05, 4.69) is 6.07 Å². The lowest BCUT2D eigenvalue weighted by Gasteiger charge is -2.20. The molecular formula is C23H24N2O3. The third kappa shape index (κ3) is 3.17. The van der Waals surface area contributed by atoms with Crippen molar-refractivity contribution in [2.24, 2.45) is 0 Å². The first-order chi connectivity index (χ1) is 13.6. The quantitative estimate of drug-likeness (QED) is 0.542. The predicted octanol–water partition coefficient (Wildman–Crippen LogP) is 4.38. The number of hydrogen-bond acceptors (Lipinski definition) is 4. The van der Waals surface area contributed by atoms with Crippen LogP contribution in [0.15, 0.2) is 48.5 Å². The number of anilines is 1. The van der Waals surface area contributed by atoms with Gasteiger partial charge in [-0.05, 0) is 61.9 Å². The summed E-state index contributed by atoms with van der Waals surface area (Å²) in [4.78, 5) is 26.0. The molecule has 0 fully saturated rings. The molecule has 2 N–H and O–H groups in total. The van der Waals surface area contributed by atoms with E-state index in [4.69, 9.17) is 10.5 Å². The number of fused-ring (bicyclic) bond motifs is 3. The van der Waals surface area contributed by atoms with Crippen molar-refractivity contribution in [2.75, 3.05) is 5.73 Å². The van der Waals surface area contributed by atoms with Crippen molar-refractivity contribution in [3.63, 3.8) is 0 Å². The number of carbonyl (C=O) groups is 2. The predicted molar refractivity (Wildman–Crippen MR) is 110 cm³/mol. The lowest BCUT2D eigenvalue weighted by molar-refractivity contribution is 0.0241. The first kappa shape index (κ1) is 18.3. The van der Waals surface area contributed by atoms with Gasteiger partial charge in [0.05, 0.1) is 11.1 Å². The number of nitrogens with two attached hydrogens (primary N) is 1. The fraction of sp³-hybridized carbons (Fsp3) is 0.304. The summed E-state index contributed by atoms with van der Waals surface area (Å²) in [7, 11) is 0. The minimum Gasteiger partial charge on any atom is -0.449 e. The van der Waals surface area contributed by atoms with Crippen LogP contribution in [0.25, 0.3) is 10.9 Å². The Hall–Kier alpha value is -3.08. The van der Waals surface area contributed by atoms with Crippen molar-refractivity contribution in [1.29, 1.82) is 0 Å². The summed E-state index contributed by atoms with van der Waals surface area (Å²) in [6.07, 6.45) is 3.63. The fourth-order valence-corrected chi connectivity index (χ4v) is 4.06. The number of rotatable bonds is 4. The molecule has 0 saturated heterocycles. The fourth-order valence-electron chi connectivity index (χ4n) is 4.06. The summed E-state index contributed by atoms with van der Waals surface area (Å²) >= 11 is 0. The molecule has 4 rings (SSSR count). The van der Waals surface area contributed by atoms with Gasteiger partial charge in [0, 0.05) is 16.8 Å². The van der Waals surface area contributed by atoms with Crippen LogP contribution in [0.4, 0.5) is 5.69 Å². The van der Waals surface area contributed by atoms with Crippen molar-refractivity contribution in [3.8, 4) is 0 Å². The van der Waals surface area contributed by atoms with Crippen molar-refractivity contribution >= 4 is 28.5 Å². The zero-order valence-corrected chi connectivity index (χ0v) is 16.0. The van der Waals surface area contributed by atoms with Crippen molar-refractivity contribution in [2.45, 2.75) is 45.1 Å². The second kappa shape index (κ2) is 7.50. The van der Waals surface area contributed by atoms with E-state index in [0.717, 1.165) is 42.3 Å². The number of aromatic nitrogens is 1. The minimum absolute atomic E-state index is 0.181. The Balaban J connectivity index is 1.69. The summed E-state index contributed by atoms with van der Waals surface area (Å²) in [5, 5.41) is 1.13. The Morgan fingerprint density at radius 2 is 1.89 bits per heavy atom. The molecule has 2 aromatic carbocycles. The lowest BCUT2D eigenvalue weighted by Crippen LogP contribution is -2.32. The molecule has 1 aliphatic carbocycles. The second-order valence-electron chi connectivity index (χ2n) is 7.25. The van der Waals surface area contributed by atoms with Crippen molar-refractivity contribution in [1.82, 2.24) is 4.57 Å². The van der Waals surface area contributed by atoms with E-state index in [1.165, 1.54) is 5.56 Å². The van der Waals surface area contributed by atoms with Crippen molar-refractivity contribution in [3.05, 3.63) is 65.4 Å². The number of carbonyl (C=O) groups excluding carboxylic acids is 2. The molecular weight excluding hydrogens is 352 g/mol. The summed E-state index contributed by atoms with van der Waals surface area (Å²) in [5.74, 6) is -0.711. The Labute approximate surface area is 164 Å². The van der Waals surface area contributed by atoms with Crippen LogP contribution in [0.5, 0.6) is 0 Å². The SMILES string of the molecule is CCC(OC(=O)c1cccc(N)c1)C(=O)n1c2c(c3ccccc31)CCCC2. The average Bonchev–Trinajstić information content (AvgIpc) is 3.06. The summed E-state index contributed by atoms with van der Waals surface area (Å²) in [5.41, 5.74) is 9.82. The largest absolute Gasteiger partial charge is 0.449 e. The maximum atomic E-state index is 13.4. The van der Waals surface area contributed by atoms with Gasteiger partial charge >= 0.3 is 5.97 Å². The second-order valence-corrected chi connectivity index (χ2v) is 7.25. The maximum absolute atomic E-state index is 13.4. The molecule has 0 bridgehead atoms. The molecule has 0 amide bonds. The van der Waals surface area contributed by atoms with Crippen LogP contribution >= 0.6 is 0 Å². The number of para-hydroxylation sites is 1. The van der Waals surface area contributed by atoms with Crippen LogP contribution in [0.1, 0.15) is 52.6 Å². The zero-order chi connectivity index (χ0) is 19.7. The maximum Gasteiger partial charge on any atom is 0.338 e. The molecule has 5 nitrogen and oxygen atoms in total. The highest BCUT2D eigenvalue weighted by atomic mass is 16.5. The number of hydrogen-bond donors (Lipinski definition) is 1. The molecule has 1 unspecified atom stereocenters. The number of aryl methyl sites for hydroxylation is 1. The van der Waals surface area contributed by atoms with Gasteiger partial charge in [-0.2, -0.15) is 0 Å². The van der Waals surface area contributed by atoms with Gasteiger partial charge in [0.25, 0.3) is 5.91 Å². The van der Waals surface area contributed by atoms with Gasteiger partial charge in [0.15, 0.2) is 6.10 Å². The molecule has 0 aliphatic heterocycles. The van der Waals surface area contributed by atoms with Crippen LogP contribution in [0, 0.1) is 0 Å². The van der Waals surface area contributed by atoms with Gasteiger partial charge in [-0.3, -0.25) is 9.36 Å². The van der Waals surface area contributed by atoms with E-state index in [-0.39, 0.29) is 5.91 Å². The molecule has 5 heteroatoms. The molecule has 144 valence electrons. The average molecular weight is 376 g/mol. The standard InChI is InChI=1S/C23H24N2O3/c1-2-21(28-23(27)15-8-7-9-16(24)14-15)22(26)25-19-12-5-3-10-17(19)18-11-4-6-13-20(18)25/h3,5,7-10,12,14,21H,2,4,6,11,13,24H2,1H3. The molecule has 1 aliphatic rings. The molecule has 1 aromatic heterocycles. The summed E-state index contributed by atoms with van der Waals surface area (Å²) < 4.78 is 7.38. The first-order valence-electron chi connectivity index (χ1n) is 9.82. The normalized spacial score (nSPS) is 14.5. The highest BCUT2D eigenvalue weighted by Crippen LogP contribution is 2.32. The van der Waals surface area contributed by atoms with Crippen LogP contribution in [0.2, 0.25) is 0 Å². The van der Waals surface area contributed by atoms with Crippen molar-refractivity contribution < 1.29 is 14.3 Å². The van der Waals surface area contributed by atoms with Gasteiger partial charge in [0.1, 0.15) is 0 Å². The van der Waals surface area contributed by atoms with Crippen LogP contribution in [0.3, 0.4) is 0 Å². The number of nitrogen functional groups attached to an aromatic ring is 1. The Kier molecular flexibility index (Phi) is 4.90. The number of ether oxygens (including phenoxy) is 1. The molecule has 0 radical (unpaired) electrons. The third-order valence-corrected chi connectivity index (χ3v) is 5.42. The Morgan fingerprint density at radius 3 is 2.68 bits per heavy atom. The monoisotopic (exact) mass is 376 g/mol. The molecule has 1 heterocycles. The topological polar surface area (TPSA) is 74.3 Å². The van der Waals surface area contributed by atoms with E-state index in [1.54, 1.807) is 28.8 Å². The van der Waals surface area contributed by atoms with E-state index in [9.17, 15) is 9.59 Å². The highest BCUT2D eigenvalue weighted by molar-refractivity contribution is 5.99. The highest BCUT2D eigenvalue weighted by Gasteiger charge is 2.29. The van der Waals surface area contributed by atoms with E-state index < -0.39 is 12.1 Å². The summed E-state index contributed by atoms with van der Waals surface area (Å²) in [6.45, 7) is 1.85. The third-order valence-electron chi connectivity index (χ3n) is 5.42. The van der Waals surface area contributed by atoms with E-state index in [0.29, 0.717) is 17.7 Å². The minimum atomic E-state index is -0.837. The number of benzene rings is 2. The number of esters is 1. The molecule has 0 saturated carbocycles. The zero-order valence-electron chi connectivity index (χ0n) is 16.0. The molecule has 0 spiro atoms. The van der Waals surface area contributed by atoms with Crippen LogP contribution < -0.4 is 5.73 Å². The molecule has 28 heavy (non-hydrogen) atoms. The van der Waals surface area contributed by atoms with Gasteiger partial charge in [-0.25, -0.2) is 4.79 Å². The van der Waals surface area contributed by atoms with Crippen LogP contribution in [-0.2, 0) is 17.6 Å². The molecule has 3 aromatic rings. The Morgan fingerprint density at radius 1 is 1.11 bits per heavy atom. The van der Waals surface area contributed by atoms with E-state index >= 15 is 0 Å². The lowest BCUT2D eigenvalue weighted by atomic mass is 9.95. The Bertz CT molecular complexity index is 1050. The van der Waals surface area contributed by atoms with Crippen LogP contribution in [-0.4, -0.2) is 22.5 Å². The first-order valence-corrected chi connectivity index (χ1v) is 9.82. The summed E-state index contributed by atoms with van der Waals surface area (Å²) in [6, 6.07) is 14.6.